The van der Waals surface area contributed by atoms with Crippen LogP contribution in [-0.4, -0.2) is 4.98 Å². The minimum Gasteiger partial charge on any atom is -0.437 e. The molecular formula is C12H10Cl2N2O. The first kappa shape index (κ1) is 12.2. The summed E-state index contributed by atoms with van der Waals surface area (Å²) in [4.78, 5) is 4.04. The fourth-order valence-electron chi connectivity index (χ4n) is 1.34. The zero-order chi connectivity index (χ0) is 12.3. The van der Waals surface area contributed by atoms with Crippen molar-refractivity contribution in [2.45, 2.75) is 6.54 Å². The molecular weight excluding hydrogens is 259 g/mol. The predicted octanol–water partition coefficient (Wildman–Crippen LogP) is 3.64. The molecule has 2 rings (SSSR count). The smallest absolute Gasteiger partial charge is 0.238 e. The van der Waals surface area contributed by atoms with Gasteiger partial charge in [-0.05, 0) is 24.3 Å². The van der Waals surface area contributed by atoms with Crippen LogP contribution in [0, 0.1) is 0 Å². The number of benzene rings is 1. The fraction of sp³-hybridized carbons (Fsp3) is 0.0833. The monoisotopic (exact) mass is 268 g/mol. The van der Waals surface area contributed by atoms with Gasteiger partial charge in [-0.1, -0.05) is 29.3 Å². The van der Waals surface area contributed by atoms with Gasteiger partial charge in [-0.3, -0.25) is 0 Å². The number of ether oxygens (including phenoxy) is 1. The Morgan fingerprint density at radius 2 is 2.06 bits per heavy atom. The molecule has 0 aliphatic carbocycles. The van der Waals surface area contributed by atoms with E-state index in [1.54, 1.807) is 30.5 Å². The van der Waals surface area contributed by atoms with Crippen LogP contribution >= 0.6 is 23.2 Å². The van der Waals surface area contributed by atoms with Gasteiger partial charge in [0.25, 0.3) is 0 Å². The Bertz CT molecular complexity index is 532. The van der Waals surface area contributed by atoms with Crippen molar-refractivity contribution < 1.29 is 4.74 Å². The Morgan fingerprint density at radius 1 is 1.24 bits per heavy atom. The van der Waals surface area contributed by atoms with Crippen LogP contribution in [0.4, 0.5) is 0 Å². The first-order valence-electron chi connectivity index (χ1n) is 4.97. The summed E-state index contributed by atoms with van der Waals surface area (Å²) < 4.78 is 5.60. The maximum atomic E-state index is 5.96. The lowest BCUT2D eigenvalue weighted by molar-refractivity contribution is 0.457. The summed E-state index contributed by atoms with van der Waals surface area (Å²) in [6.45, 7) is 0.358. The van der Waals surface area contributed by atoms with Crippen LogP contribution in [0.5, 0.6) is 11.6 Å². The molecule has 0 unspecified atom stereocenters. The molecule has 0 spiro atoms. The minimum absolute atomic E-state index is 0.339. The van der Waals surface area contributed by atoms with E-state index in [0.29, 0.717) is 28.2 Å². The third-order valence-electron chi connectivity index (χ3n) is 2.18. The van der Waals surface area contributed by atoms with Crippen molar-refractivity contribution >= 4 is 23.2 Å². The van der Waals surface area contributed by atoms with E-state index in [0.717, 1.165) is 5.56 Å². The number of hydrogen-bond donors (Lipinski definition) is 1. The summed E-state index contributed by atoms with van der Waals surface area (Å²) in [5, 5.41) is 1.01. The molecule has 0 fully saturated rings. The molecule has 0 bridgehead atoms. The highest BCUT2D eigenvalue weighted by Gasteiger charge is 2.08. The van der Waals surface area contributed by atoms with Gasteiger partial charge in [0.05, 0.1) is 0 Å². The van der Waals surface area contributed by atoms with Gasteiger partial charge in [0.15, 0.2) is 0 Å². The summed E-state index contributed by atoms with van der Waals surface area (Å²) >= 11 is 11.9. The van der Waals surface area contributed by atoms with Crippen LogP contribution in [-0.2, 0) is 6.54 Å². The quantitative estimate of drug-likeness (QED) is 0.925. The highest BCUT2D eigenvalue weighted by molar-refractivity contribution is 6.32. The van der Waals surface area contributed by atoms with Crippen molar-refractivity contribution in [2.24, 2.45) is 5.73 Å². The summed E-state index contributed by atoms with van der Waals surface area (Å²) in [7, 11) is 0. The number of pyridine rings is 1. The van der Waals surface area contributed by atoms with Crippen LogP contribution in [0.25, 0.3) is 0 Å². The van der Waals surface area contributed by atoms with E-state index < -0.39 is 0 Å². The molecule has 2 aromatic rings. The number of nitrogens with zero attached hydrogens (tertiary/aromatic N) is 1. The molecule has 1 heterocycles. The standard InChI is InChI=1S/C12H10Cl2N2O/c13-9-4-3-8(7-15)11(6-9)17-12-10(14)2-1-5-16-12/h1-6H,7,15H2. The van der Waals surface area contributed by atoms with E-state index in [-0.39, 0.29) is 0 Å². The third kappa shape index (κ3) is 2.88. The SMILES string of the molecule is NCc1ccc(Cl)cc1Oc1ncccc1Cl. The van der Waals surface area contributed by atoms with E-state index >= 15 is 0 Å². The van der Waals surface area contributed by atoms with Crippen molar-refractivity contribution in [3.8, 4) is 11.6 Å². The molecule has 0 amide bonds. The molecule has 0 aliphatic rings. The highest BCUT2D eigenvalue weighted by Crippen LogP contribution is 2.30. The van der Waals surface area contributed by atoms with Gasteiger partial charge in [0, 0.05) is 23.3 Å². The molecule has 0 radical (unpaired) electrons. The Kier molecular flexibility index (Phi) is 3.84. The lowest BCUT2D eigenvalue weighted by atomic mass is 10.2. The van der Waals surface area contributed by atoms with Crippen LogP contribution in [0.1, 0.15) is 5.56 Å². The number of aromatic nitrogens is 1. The zero-order valence-corrected chi connectivity index (χ0v) is 10.4. The normalized spacial score (nSPS) is 10.3. The Morgan fingerprint density at radius 3 is 2.76 bits per heavy atom. The van der Waals surface area contributed by atoms with Gasteiger partial charge in [0.1, 0.15) is 10.8 Å². The first-order chi connectivity index (χ1) is 8.20. The van der Waals surface area contributed by atoms with E-state index in [4.69, 9.17) is 33.7 Å². The summed E-state index contributed by atoms with van der Waals surface area (Å²) in [5.74, 6) is 0.909. The molecule has 0 saturated carbocycles. The van der Waals surface area contributed by atoms with Gasteiger partial charge in [-0.2, -0.15) is 0 Å². The van der Waals surface area contributed by atoms with Crippen molar-refractivity contribution in [3.05, 3.63) is 52.1 Å². The summed E-state index contributed by atoms with van der Waals surface area (Å²) in [5.41, 5.74) is 6.46. The number of nitrogens with two attached hydrogens (primary N) is 1. The van der Waals surface area contributed by atoms with Crippen molar-refractivity contribution in [1.29, 1.82) is 0 Å². The maximum Gasteiger partial charge on any atom is 0.238 e. The largest absolute Gasteiger partial charge is 0.437 e. The first-order valence-corrected chi connectivity index (χ1v) is 5.73. The Labute approximate surface area is 109 Å². The van der Waals surface area contributed by atoms with Crippen molar-refractivity contribution in [1.82, 2.24) is 4.98 Å². The van der Waals surface area contributed by atoms with E-state index in [9.17, 15) is 0 Å². The lowest BCUT2D eigenvalue weighted by Gasteiger charge is -2.10. The molecule has 5 heteroatoms. The Hall–Kier alpha value is -1.29. The number of halogens is 2. The average Bonchev–Trinajstić information content (AvgIpc) is 2.32. The lowest BCUT2D eigenvalue weighted by Crippen LogP contribution is -2.00. The molecule has 0 atom stereocenters. The highest BCUT2D eigenvalue weighted by atomic mass is 35.5. The third-order valence-corrected chi connectivity index (χ3v) is 2.70. The minimum atomic E-state index is 0.339. The molecule has 3 nitrogen and oxygen atoms in total. The second kappa shape index (κ2) is 5.36. The van der Waals surface area contributed by atoms with Crippen LogP contribution in [0.3, 0.4) is 0 Å². The predicted molar refractivity (Wildman–Crippen MR) is 68.7 cm³/mol. The van der Waals surface area contributed by atoms with Gasteiger partial charge >= 0.3 is 0 Å². The van der Waals surface area contributed by atoms with E-state index in [2.05, 4.69) is 4.98 Å². The van der Waals surface area contributed by atoms with Gasteiger partial charge in [-0.25, -0.2) is 4.98 Å². The van der Waals surface area contributed by atoms with Gasteiger partial charge in [0.2, 0.25) is 5.88 Å². The fourth-order valence-corrected chi connectivity index (χ4v) is 1.66. The van der Waals surface area contributed by atoms with Gasteiger partial charge in [-0.15, -0.1) is 0 Å². The number of rotatable bonds is 3. The summed E-state index contributed by atoms with van der Waals surface area (Å²) in [6, 6.07) is 8.70. The van der Waals surface area contributed by atoms with Crippen LogP contribution < -0.4 is 10.5 Å². The van der Waals surface area contributed by atoms with E-state index in [1.165, 1.54) is 0 Å². The number of hydrogen-bond acceptors (Lipinski definition) is 3. The molecule has 1 aromatic carbocycles. The molecule has 1 aromatic heterocycles. The van der Waals surface area contributed by atoms with E-state index in [1.807, 2.05) is 6.07 Å². The molecule has 88 valence electrons. The van der Waals surface area contributed by atoms with Crippen molar-refractivity contribution in [2.75, 3.05) is 0 Å². The van der Waals surface area contributed by atoms with Crippen LogP contribution in [0.15, 0.2) is 36.5 Å². The molecule has 0 aliphatic heterocycles. The zero-order valence-electron chi connectivity index (χ0n) is 8.86. The Balaban J connectivity index is 2.35. The molecule has 17 heavy (non-hydrogen) atoms. The van der Waals surface area contributed by atoms with Crippen molar-refractivity contribution in [3.63, 3.8) is 0 Å². The topological polar surface area (TPSA) is 48.1 Å². The van der Waals surface area contributed by atoms with Crippen LogP contribution in [0.2, 0.25) is 10.0 Å². The second-order valence-electron chi connectivity index (χ2n) is 3.35. The van der Waals surface area contributed by atoms with Gasteiger partial charge < -0.3 is 10.5 Å². The second-order valence-corrected chi connectivity index (χ2v) is 4.19. The summed E-state index contributed by atoms with van der Waals surface area (Å²) in [6.07, 6.45) is 1.61. The average molecular weight is 269 g/mol. The molecule has 2 N–H and O–H groups in total. The maximum absolute atomic E-state index is 5.96. The molecule has 0 saturated heterocycles.